The van der Waals surface area contributed by atoms with E-state index < -0.39 is 5.97 Å². The van der Waals surface area contributed by atoms with Crippen molar-refractivity contribution in [1.82, 2.24) is 4.57 Å². The first-order valence-electron chi connectivity index (χ1n) is 6.90. The Hall–Kier alpha value is -2.62. The predicted molar refractivity (Wildman–Crippen MR) is 82.6 cm³/mol. The molecule has 1 aromatic heterocycles. The van der Waals surface area contributed by atoms with Crippen LogP contribution in [-0.4, -0.2) is 15.6 Å². The number of aliphatic carboxylic acids is 1. The summed E-state index contributed by atoms with van der Waals surface area (Å²) >= 11 is 0. The summed E-state index contributed by atoms with van der Waals surface area (Å²) in [6.07, 6.45) is 0.654. The average molecular weight is 281 g/mol. The lowest BCUT2D eigenvalue weighted by Crippen LogP contribution is -2.12. The number of nitrogens with zero attached hydrogens (tertiary/aromatic N) is 1. The van der Waals surface area contributed by atoms with Crippen LogP contribution in [-0.2, 0) is 11.3 Å². The summed E-state index contributed by atoms with van der Waals surface area (Å²) in [5.74, 6) is -0.801. The molecular formula is C17H15NO3. The quantitative estimate of drug-likeness (QED) is 0.748. The SMILES string of the molecule is O=C(O)CCCn1c2ccccc2c(=O)c2ccccc21. The number of rotatable bonds is 4. The Kier molecular flexibility index (Phi) is 3.44. The van der Waals surface area contributed by atoms with Crippen LogP contribution < -0.4 is 5.43 Å². The molecule has 0 aliphatic rings. The van der Waals surface area contributed by atoms with E-state index in [1.165, 1.54) is 0 Å². The van der Waals surface area contributed by atoms with Crippen molar-refractivity contribution in [2.75, 3.05) is 0 Å². The van der Waals surface area contributed by atoms with Crippen molar-refractivity contribution in [2.45, 2.75) is 19.4 Å². The normalized spacial score (nSPS) is 11.0. The molecule has 3 aromatic rings. The number of carbonyl (C=O) groups is 1. The molecule has 0 fully saturated rings. The molecule has 2 aromatic carbocycles. The first-order chi connectivity index (χ1) is 10.2. The van der Waals surface area contributed by atoms with Crippen LogP contribution >= 0.6 is 0 Å². The second-order valence-corrected chi connectivity index (χ2v) is 5.01. The Morgan fingerprint density at radius 2 is 1.48 bits per heavy atom. The summed E-state index contributed by atoms with van der Waals surface area (Å²) in [4.78, 5) is 23.2. The fourth-order valence-corrected chi connectivity index (χ4v) is 2.71. The molecular weight excluding hydrogens is 266 g/mol. The monoisotopic (exact) mass is 281 g/mol. The van der Waals surface area contributed by atoms with E-state index in [-0.39, 0.29) is 11.8 Å². The van der Waals surface area contributed by atoms with Gasteiger partial charge in [-0.25, -0.2) is 0 Å². The minimum atomic E-state index is -0.801. The van der Waals surface area contributed by atoms with Crippen molar-refractivity contribution in [2.24, 2.45) is 0 Å². The van der Waals surface area contributed by atoms with Gasteiger partial charge in [0, 0.05) is 23.7 Å². The van der Waals surface area contributed by atoms with Crippen molar-refractivity contribution in [1.29, 1.82) is 0 Å². The molecule has 1 N–H and O–H groups in total. The van der Waals surface area contributed by atoms with Gasteiger partial charge in [-0.15, -0.1) is 0 Å². The Morgan fingerprint density at radius 1 is 0.952 bits per heavy atom. The number of carboxylic acid groups (broad SMARTS) is 1. The molecule has 0 spiro atoms. The average Bonchev–Trinajstić information content (AvgIpc) is 2.50. The van der Waals surface area contributed by atoms with Crippen LogP contribution in [0.25, 0.3) is 21.8 Å². The maximum absolute atomic E-state index is 12.5. The summed E-state index contributed by atoms with van der Waals surface area (Å²) in [5.41, 5.74) is 1.73. The summed E-state index contributed by atoms with van der Waals surface area (Å²) in [5, 5.41) is 10.1. The Labute approximate surface area is 121 Å². The van der Waals surface area contributed by atoms with Crippen LogP contribution in [0.4, 0.5) is 0 Å². The van der Waals surface area contributed by atoms with Crippen LogP contribution in [0.15, 0.2) is 53.3 Å². The van der Waals surface area contributed by atoms with Gasteiger partial charge in [0.15, 0.2) is 5.43 Å². The van der Waals surface area contributed by atoms with E-state index in [9.17, 15) is 9.59 Å². The van der Waals surface area contributed by atoms with Crippen molar-refractivity contribution in [3.05, 3.63) is 58.8 Å². The third-order valence-electron chi connectivity index (χ3n) is 3.65. The zero-order valence-corrected chi connectivity index (χ0v) is 11.5. The number of fused-ring (bicyclic) bond motifs is 2. The first kappa shape index (κ1) is 13.4. The van der Waals surface area contributed by atoms with Crippen LogP contribution in [0, 0.1) is 0 Å². The van der Waals surface area contributed by atoms with Gasteiger partial charge in [0.05, 0.1) is 11.0 Å². The number of pyridine rings is 1. The second-order valence-electron chi connectivity index (χ2n) is 5.01. The van der Waals surface area contributed by atoms with Crippen LogP contribution in [0.1, 0.15) is 12.8 Å². The highest BCUT2D eigenvalue weighted by atomic mass is 16.4. The fraction of sp³-hybridized carbons (Fsp3) is 0.176. The van der Waals surface area contributed by atoms with Crippen molar-refractivity contribution >= 4 is 27.8 Å². The van der Waals surface area contributed by atoms with Gasteiger partial charge in [-0.3, -0.25) is 9.59 Å². The summed E-state index contributed by atoms with van der Waals surface area (Å²) in [7, 11) is 0. The molecule has 0 saturated carbocycles. The number of carboxylic acids is 1. The van der Waals surface area contributed by atoms with Crippen molar-refractivity contribution < 1.29 is 9.90 Å². The van der Waals surface area contributed by atoms with Gasteiger partial charge in [-0.2, -0.15) is 0 Å². The largest absolute Gasteiger partial charge is 0.481 e. The lowest BCUT2D eigenvalue weighted by molar-refractivity contribution is -0.137. The first-order valence-corrected chi connectivity index (χ1v) is 6.90. The second kappa shape index (κ2) is 5.40. The third-order valence-corrected chi connectivity index (χ3v) is 3.65. The Morgan fingerprint density at radius 3 is 2.00 bits per heavy atom. The third kappa shape index (κ3) is 2.40. The maximum Gasteiger partial charge on any atom is 0.303 e. The minimum Gasteiger partial charge on any atom is -0.481 e. The van der Waals surface area contributed by atoms with Crippen molar-refractivity contribution in [3.8, 4) is 0 Å². The van der Waals surface area contributed by atoms with E-state index in [1.54, 1.807) is 0 Å². The van der Waals surface area contributed by atoms with E-state index in [0.29, 0.717) is 23.7 Å². The van der Waals surface area contributed by atoms with Crippen LogP contribution in [0.2, 0.25) is 0 Å². The molecule has 21 heavy (non-hydrogen) atoms. The molecule has 0 radical (unpaired) electrons. The van der Waals surface area contributed by atoms with E-state index in [1.807, 2.05) is 53.1 Å². The smallest absolute Gasteiger partial charge is 0.303 e. The molecule has 1 heterocycles. The lowest BCUT2D eigenvalue weighted by Gasteiger charge is -2.14. The summed E-state index contributed by atoms with van der Waals surface area (Å²) in [6.45, 7) is 0.577. The fourth-order valence-electron chi connectivity index (χ4n) is 2.71. The van der Waals surface area contributed by atoms with Gasteiger partial charge in [-0.1, -0.05) is 24.3 Å². The Balaban J connectivity index is 2.24. The molecule has 4 heteroatoms. The Bertz CT molecular complexity index is 820. The summed E-state index contributed by atoms with van der Waals surface area (Å²) in [6, 6.07) is 14.9. The predicted octanol–water partition coefficient (Wildman–Crippen LogP) is 3.02. The molecule has 0 unspecified atom stereocenters. The highest BCUT2D eigenvalue weighted by Crippen LogP contribution is 2.19. The lowest BCUT2D eigenvalue weighted by atomic mass is 10.1. The highest BCUT2D eigenvalue weighted by Gasteiger charge is 2.10. The number of benzene rings is 2. The van der Waals surface area contributed by atoms with Gasteiger partial charge in [0.2, 0.25) is 0 Å². The van der Waals surface area contributed by atoms with Crippen LogP contribution in [0.3, 0.4) is 0 Å². The van der Waals surface area contributed by atoms with E-state index >= 15 is 0 Å². The molecule has 0 saturated heterocycles. The van der Waals surface area contributed by atoms with Gasteiger partial charge in [0.1, 0.15) is 0 Å². The topological polar surface area (TPSA) is 59.3 Å². The molecule has 4 nitrogen and oxygen atoms in total. The van der Waals surface area contributed by atoms with E-state index in [0.717, 1.165) is 11.0 Å². The molecule has 106 valence electrons. The molecule has 0 amide bonds. The molecule has 0 aliphatic heterocycles. The molecule has 0 atom stereocenters. The van der Waals surface area contributed by atoms with E-state index in [4.69, 9.17) is 5.11 Å². The highest BCUT2D eigenvalue weighted by molar-refractivity contribution is 5.93. The molecule has 0 aliphatic carbocycles. The zero-order valence-electron chi connectivity index (χ0n) is 11.5. The van der Waals surface area contributed by atoms with Crippen LogP contribution in [0.5, 0.6) is 0 Å². The number of aryl methyl sites for hydroxylation is 1. The molecule has 3 rings (SSSR count). The number of hydrogen-bond acceptors (Lipinski definition) is 2. The maximum atomic E-state index is 12.5. The number of hydrogen-bond donors (Lipinski definition) is 1. The standard InChI is InChI=1S/C17H15NO3/c19-16(20)10-5-11-18-14-8-3-1-6-12(14)17(21)13-7-2-4-9-15(13)18/h1-4,6-9H,5,10-11H2,(H,19,20). The number of para-hydroxylation sites is 2. The molecule has 0 bridgehead atoms. The minimum absolute atomic E-state index is 0.0238. The summed E-state index contributed by atoms with van der Waals surface area (Å²) < 4.78 is 2.04. The van der Waals surface area contributed by atoms with E-state index in [2.05, 4.69) is 0 Å². The zero-order chi connectivity index (χ0) is 14.8. The van der Waals surface area contributed by atoms with Crippen molar-refractivity contribution in [3.63, 3.8) is 0 Å². The van der Waals surface area contributed by atoms with Gasteiger partial charge in [0.25, 0.3) is 0 Å². The van der Waals surface area contributed by atoms with Gasteiger partial charge in [-0.05, 0) is 30.7 Å². The van der Waals surface area contributed by atoms with Gasteiger partial charge < -0.3 is 9.67 Å². The van der Waals surface area contributed by atoms with Gasteiger partial charge >= 0.3 is 5.97 Å². The number of aromatic nitrogens is 1.